The van der Waals surface area contributed by atoms with E-state index in [0.717, 1.165) is 6.07 Å². The molecule has 0 fully saturated rings. The fourth-order valence-electron chi connectivity index (χ4n) is 0.507. The van der Waals surface area contributed by atoms with Gasteiger partial charge in [-0.25, -0.2) is 0 Å². The number of hydrogen-bond acceptors (Lipinski definition) is 4. The van der Waals surface area contributed by atoms with Crippen LogP contribution in [0.1, 0.15) is 0 Å². The Kier molecular flexibility index (Phi) is 3.04. The van der Waals surface area contributed by atoms with Crippen molar-refractivity contribution in [2.75, 3.05) is 0 Å². The molecule has 0 bridgehead atoms. The maximum atomic E-state index is 8.71. The summed E-state index contributed by atoms with van der Waals surface area (Å²) in [4.78, 5) is 0. The first kappa shape index (κ1) is 9.94. The minimum absolute atomic E-state index is 0. The second kappa shape index (κ2) is 3.37. The van der Waals surface area contributed by atoms with Gasteiger partial charge in [0.05, 0.1) is 11.5 Å². The number of rotatable bonds is 0. The summed E-state index contributed by atoms with van der Waals surface area (Å²) in [6.45, 7) is 0. The van der Waals surface area contributed by atoms with E-state index < -0.39 is 23.0 Å². The van der Waals surface area contributed by atoms with Crippen molar-refractivity contribution in [1.82, 2.24) is 0 Å². The van der Waals surface area contributed by atoms with Gasteiger partial charge in [-0.3, -0.25) is 0 Å². The first-order valence-electron chi connectivity index (χ1n) is 2.47. The molecular weight excluding hydrogens is 191 g/mol. The Morgan fingerprint density at radius 3 is 2.00 bits per heavy atom. The van der Waals surface area contributed by atoms with E-state index in [-0.39, 0.29) is 17.1 Å². The molecule has 0 saturated carbocycles. The molecule has 0 saturated heterocycles. The van der Waals surface area contributed by atoms with Crippen LogP contribution in [0, 0.1) is 6.07 Å². The molecule has 0 unspecified atom stereocenters. The predicted molar refractivity (Wildman–Crippen MR) is 31.9 cm³/mol. The van der Waals surface area contributed by atoms with Crippen LogP contribution in [-0.4, -0.2) is 20.4 Å². The third-order valence-electron chi connectivity index (χ3n) is 1.04. The van der Waals surface area contributed by atoms with Crippen LogP contribution in [0.15, 0.2) is 6.07 Å². The van der Waals surface area contributed by atoms with Gasteiger partial charge in [0.2, 0.25) is 0 Å². The summed E-state index contributed by atoms with van der Waals surface area (Å²) in [7, 11) is 0. The van der Waals surface area contributed by atoms with Gasteiger partial charge in [-0.05, 0) is 0 Å². The van der Waals surface area contributed by atoms with E-state index >= 15 is 0 Å². The Labute approximate surface area is 73.2 Å². The van der Waals surface area contributed by atoms with Crippen LogP contribution in [0.5, 0.6) is 23.0 Å². The zero-order chi connectivity index (χ0) is 7.72. The quantitative estimate of drug-likeness (QED) is 0.208. The Balaban J connectivity index is 0.000001000. The largest absolute Gasteiger partial charge is 0.562 e. The zero-order valence-electron chi connectivity index (χ0n) is 5.24. The van der Waals surface area contributed by atoms with Crippen molar-refractivity contribution in [3.63, 3.8) is 0 Å². The molecule has 1 rings (SSSR count). The van der Waals surface area contributed by atoms with Crippen LogP contribution in [-0.2, 0) is 17.1 Å². The molecule has 61 valence electrons. The molecule has 4 nitrogen and oxygen atoms in total. The Morgan fingerprint density at radius 2 is 1.55 bits per heavy atom. The third kappa shape index (κ3) is 1.69. The zero-order valence-corrected chi connectivity index (χ0v) is 6.42. The Hall–Kier alpha value is -1.06. The first-order chi connectivity index (χ1) is 4.63. The number of benzene rings is 1. The maximum Gasteiger partial charge on any atom is 0.0923 e. The Bertz CT molecular complexity index is 234. The molecule has 0 aliphatic heterocycles. The summed E-state index contributed by atoms with van der Waals surface area (Å²) in [5.74, 6) is -2.61. The summed E-state index contributed by atoms with van der Waals surface area (Å²) in [6.07, 6.45) is 0. The van der Waals surface area contributed by atoms with Crippen molar-refractivity contribution >= 4 is 0 Å². The topological polar surface area (TPSA) is 80.9 Å². The molecule has 4 N–H and O–H groups in total. The average molecular weight is 196 g/mol. The number of phenolic OH excluding ortho intramolecular Hbond substituents is 4. The molecule has 0 aliphatic rings. The van der Waals surface area contributed by atoms with E-state index in [1.54, 1.807) is 0 Å². The molecular formula is C6H5MnO4-. The standard InChI is InChI=1S/C6H5O4.Mn/c7-3-1-2-4(8)6(10)5(3)9;/h1,7-10H;/q-1;. The summed E-state index contributed by atoms with van der Waals surface area (Å²) < 4.78 is 0. The molecule has 1 radical (unpaired) electrons. The van der Waals surface area contributed by atoms with E-state index in [1.807, 2.05) is 0 Å². The molecule has 0 amide bonds. The van der Waals surface area contributed by atoms with E-state index in [4.69, 9.17) is 20.4 Å². The van der Waals surface area contributed by atoms with Crippen LogP contribution in [0.3, 0.4) is 0 Å². The third-order valence-corrected chi connectivity index (χ3v) is 1.04. The summed E-state index contributed by atoms with van der Waals surface area (Å²) in [5, 5.41) is 34.7. The van der Waals surface area contributed by atoms with Gasteiger partial charge in [-0.15, -0.1) is 12.1 Å². The average Bonchev–Trinajstić information content (AvgIpc) is 1.93. The van der Waals surface area contributed by atoms with E-state index in [1.165, 1.54) is 0 Å². The SMILES string of the molecule is Oc1[c-]cc(O)c(O)c1O.[Mn]. The van der Waals surface area contributed by atoms with E-state index in [9.17, 15) is 0 Å². The monoisotopic (exact) mass is 196 g/mol. The van der Waals surface area contributed by atoms with Gasteiger partial charge < -0.3 is 20.4 Å². The number of hydrogen-bond donors (Lipinski definition) is 4. The van der Waals surface area contributed by atoms with Gasteiger partial charge in [-0.1, -0.05) is 0 Å². The van der Waals surface area contributed by atoms with Crippen molar-refractivity contribution in [1.29, 1.82) is 0 Å². The Morgan fingerprint density at radius 1 is 1.00 bits per heavy atom. The molecule has 1 aromatic rings. The van der Waals surface area contributed by atoms with Gasteiger partial charge in [0.25, 0.3) is 0 Å². The molecule has 0 aliphatic carbocycles. The molecule has 0 atom stereocenters. The van der Waals surface area contributed by atoms with Crippen LogP contribution in [0.25, 0.3) is 0 Å². The second-order valence-corrected chi connectivity index (χ2v) is 1.72. The smallest absolute Gasteiger partial charge is 0.0923 e. The van der Waals surface area contributed by atoms with Gasteiger partial charge in [0, 0.05) is 28.6 Å². The van der Waals surface area contributed by atoms with Gasteiger partial charge in [0.1, 0.15) is 0 Å². The first-order valence-corrected chi connectivity index (χ1v) is 2.47. The van der Waals surface area contributed by atoms with Crippen LogP contribution in [0.2, 0.25) is 0 Å². The molecule has 5 heteroatoms. The minimum atomic E-state index is -0.764. The van der Waals surface area contributed by atoms with E-state index in [2.05, 4.69) is 6.07 Å². The van der Waals surface area contributed by atoms with Crippen LogP contribution in [0.4, 0.5) is 0 Å². The van der Waals surface area contributed by atoms with Crippen molar-refractivity contribution in [3.8, 4) is 23.0 Å². The van der Waals surface area contributed by atoms with Gasteiger partial charge >= 0.3 is 0 Å². The normalized spacial score (nSPS) is 8.73. The summed E-state index contributed by atoms with van der Waals surface area (Å²) in [5.41, 5.74) is 0. The van der Waals surface area contributed by atoms with Crippen molar-refractivity contribution in [2.45, 2.75) is 0 Å². The van der Waals surface area contributed by atoms with Crippen molar-refractivity contribution < 1.29 is 37.5 Å². The van der Waals surface area contributed by atoms with Crippen LogP contribution >= 0.6 is 0 Å². The predicted octanol–water partition coefficient (Wildman–Crippen LogP) is 0.307. The van der Waals surface area contributed by atoms with Gasteiger partial charge in [0.15, 0.2) is 0 Å². The molecule has 0 heterocycles. The van der Waals surface area contributed by atoms with Crippen molar-refractivity contribution in [2.24, 2.45) is 0 Å². The molecule has 0 spiro atoms. The molecule has 1 aromatic carbocycles. The van der Waals surface area contributed by atoms with Gasteiger partial charge in [-0.2, -0.15) is 0 Å². The second-order valence-electron chi connectivity index (χ2n) is 1.72. The summed E-state index contributed by atoms with van der Waals surface area (Å²) >= 11 is 0. The number of phenols is 4. The maximum absolute atomic E-state index is 8.71. The molecule has 11 heavy (non-hydrogen) atoms. The molecule has 0 aromatic heterocycles. The number of aromatic hydroxyl groups is 4. The van der Waals surface area contributed by atoms with Crippen molar-refractivity contribution in [3.05, 3.63) is 12.1 Å². The fraction of sp³-hybridized carbons (Fsp3) is 0. The minimum Gasteiger partial charge on any atom is -0.562 e. The van der Waals surface area contributed by atoms with E-state index in [0.29, 0.717) is 0 Å². The van der Waals surface area contributed by atoms with Crippen LogP contribution < -0.4 is 0 Å². The fourth-order valence-corrected chi connectivity index (χ4v) is 0.507. The summed E-state index contributed by atoms with van der Waals surface area (Å²) in [6, 6.07) is 3.05.